The van der Waals surface area contributed by atoms with Gasteiger partial charge in [0.2, 0.25) is 0 Å². The van der Waals surface area contributed by atoms with Crippen LogP contribution in [-0.4, -0.2) is 33.5 Å². The van der Waals surface area contributed by atoms with Crippen molar-refractivity contribution in [2.45, 2.75) is 26.3 Å². The van der Waals surface area contributed by atoms with Gasteiger partial charge in [-0.1, -0.05) is 13.0 Å². The van der Waals surface area contributed by atoms with E-state index < -0.39 is 0 Å². The molecular formula is C16H24N2O3. The first-order chi connectivity index (χ1) is 10.3. The fourth-order valence-electron chi connectivity index (χ4n) is 1.85. The van der Waals surface area contributed by atoms with Crippen LogP contribution >= 0.6 is 0 Å². The first kappa shape index (κ1) is 17.3. The monoisotopic (exact) mass is 292 g/mol. The number of hydrogen-bond donors (Lipinski definition) is 1. The highest BCUT2D eigenvalue weighted by atomic mass is 16.5. The highest BCUT2D eigenvalue weighted by Gasteiger charge is 2.13. The molecule has 21 heavy (non-hydrogen) atoms. The standard InChI is InChI=1S/C16H24N2O3/c1-4-9-21-15-7-6-13(11-16(15)20-5-2)14(12-17)18-8-10-19-3/h6-7,11,14,18H,4-5,8-10H2,1-3H3. The third-order valence-electron chi connectivity index (χ3n) is 2.85. The Morgan fingerprint density at radius 1 is 1.19 bits per heavy atom. The molecule has 0 aliphatic carbocycles. The Kier molecular flexibility index (Phi) is 8.25. The number of nitrogens with one attached hydrogen (secondary N) is 1. The molecule has 0 aliphatic heterocycles. The lowest BCUT2D eigenvalue weighted by molar-refractivity contribution is 0.198. The van der Waals surface area contributed by atoms with E-state index >= 15 is 0 Å². The summed E-state index contributed by atoms with van der Waals surface area (Å²) in [6.07, 6.45) is 0.937. The molecule has 0 saturated heterocycles. The summed E-state index contributed by atoms with van der Waals surface area (Å²) in [5.41, 5.74) is 0.862. The molecule has 0 aliphatic rings. The maximum atomic E-state index is 9.28. The molecule has 5 heteroatoms. The third-order valence-corrected chi connectivity index (χ3v) is 2.85. The molecule has 0 radical (unpaired) electrons. The third kappa shape index (κ3) is 5.62. The van der Waals surface area contributed by atoms with E-state index in [1.54, 1.807) is 7.11 Å². The predicted molar refractivity (Wildman–Crippen MR) is 81.6 cm³/mol. The second kappa shape index (κ2) is 10.0. The van der Waals surface area contributed by atoms with Gasteiger partial charge in [0.25, 0.3) is 0 Å². The van der Waals surface area contributed by atoms with Crippen molar-refractivity contribution in [3.8, 4) is 17.6 Å². The Labute approximate surface area is 126 Å². The van der Waals surface area contributed by atoms with Crippen molar-refractivity contribution in [2.75, 3.05) is 33.5 Å². The van der Waals surface area contributed by atoms with E-state index in [2.05, 4.69) is 18.3 Å². The van der Waals surface area contributed by atoms with Gasteiger partial charge in [0, 0.05) is 13.7 Å². The molecule has 0 spiro atoms. The summed E-state index contributed by atoms with van der Waals surface area (Å²) in [5.74, 6) is 1.40. The molecule has 0 saturated carbocycles. The zero-order chi connectivity index (χ0) is 15.5. The minimum absolute atomic E-state index is 0.389. The molecule has 0 fully saturated rings. The smallest absolute Gasteiger partial charge is 0.161 e. The largest absolute Gasteiger partial charge is 0.490 e. The molecule has 5 nitrogen and oxygen atoms in total. The SMILES string of the molecule is CCCOc1ccc(C(C#N)NCCOC)cc1OCC. The zero-order valence-corrected chi connectivity index (χ0v) is 13.0. The van der Waals surface area contributed by atoms with Gasteiger partial charge >= 0.3 is 0 Å². The van der Waals surface area contributed by atoms with Crippen LogP contribution in [0.25, 0.3) is 0 Å². The van der Waals surface area contributed by atoms with E-state index in [1.807, 2.05) is 25.1 Å². The molecule has 0 aromatic heterocycles. The van der Waals surface area contributed by atoms with Crippen molar-refractivity contribution in [1.29, 1.82) is 5.26 Å². The van der Waals surface area contributed by atoms with Crippen molar-refractivity contribution in [1.82, 2.24) is 5.32 Å². The molecule has 1 atom stereocenters. The van der Waals surface area contributed by atoms with Crippen LogP contribution in [0.3, 0.4) is 0 Å². The summed E-state index contributed by atoms with van der Waals surface area (Å²) >= 11 is 0. The number of rotatable bonds is 10. The predicted octanol–water partition coefficient (Wildman–Crippen LogP) is 2.67. The lowest BCUT2D eigenvalue weighted by Gasteiger charge is -2.16. The van der Waals surface area contributed by atoms with Gasteiger partial charge in [-0.2, -0.15) is 5.26 Å². The number of ether oxygens (including phenoxy) is 3. The molecule has 1 unspecified atom stereocenters. The van der Waals surface area contributed by atoms with E-state index in [4.69, 9.17) is 14.2 Å². The number of hydrogen-bond acceptors (Lipinski definition) is 5. The van der Waals surface area contributed by atoms with Gasteiger partial charge in [0.1, 0.15) is 6.04 Å². The number of benzene rings is 1. The summed E-state index contributed by atoms with van der Waals surface area (Å²) in [5, 5.41) is 12.4. The summed E-state index contributed by atoms with van der Waals surface area (Å²) in [6.45, 7) is 6.36. The summed E-state index contributed by atoms with van der Waals surface area (Å²) < 4.78 is 16.2. The lowest BCUT2D eigenvalue weighted by atomic mass is 10.1. The quantitative estimate of drug-likeness (QED) is 0.672. The first-order valence-electron chi connectivity index (χ1n) is 7.28. The van der Waals surface area contributed by atoms with Gasteiger partial charge in [-0.3, -0.25) is 5.32 Å². The molecule has 0 heterocycles. The Morgan fingerprint density at radius 3 is 2.62 bits per heavy atom. The van der Waals surface area contributed by atoms with Gasteiger partial charge in [0.05, 0.1) is 25.9 Å². The Balaban J connectivity index is 2.86. The molecule has 1 rings (SSSR count). The van der Waals surface area contributed by atoms with Gasteiger partial charge in [-0.05, 0) is 31.0 Å². The Hall–Kier alpha value is -1.77. The molecule has 116 valence electrons. The zero-order valence-electron chi connectivity index (χ0n) is 13.0. The maximum Gasteiger partial charge on any atom is 0.161 e. The average Bonchev–Trinajstić information content (AvgIpc) is 2.51. The second-order valence-electron chi connectivity index (χ2n) is 4.50. The minimum Gasteiger partial charge on any atom is -0.490 e. The van der Waals surface area contributed by atoms with Gasteiger partial charge in [0.15, 0.2) is 11.5 Å². The second-order valence-corrected chi connectivity index (χ2v) is 4.50. The highest BCUT2D eigenvalue weighted by Crippen LogP contribution is 2.30. The van der Waals surface area contributed by atoms with Crippen LogP contribution in [-0.2, 0) is 4.74 Å². The molecular weight excluding hydrogens is 268 g/mol. The summed E-state index contributed by atoms with van der Waals surface area (Å²) in [4.78, 5) is 0. The molecule has 1 N–H and O–H groups in total. The van der Waals surface area contributed by atoms with Crippen LogP contribution in [0.4, 0.5) is 0 Å². The fraction of sp³-hybridized carbons (Fsp3) is 0.562. The number of nitrogens with zero attached hydrogens (tertiary/aromatic N) is 1. The van der Waals surface area contributed by atoms with Crippen molar-refractivity contribution in [3.05, 3.63) is 23.8 Å². The molecule has 0 bridgehead atoms. The van der Waals surface area contributed by atoms with Crippen molar-refractivity contribution >= 4 is 0 Å². The Bertz CT molecular complexity index is 457. The number of nitriles is 1. The highest BCUT2D eigenvalue weighted by molar-refractivity contribution is 5.45. The van der Waals surface area contributed by atoms with Crippen LogP contribution in [0.15, 0.2) is 18.2 Å². The summed E-state index contributed by atoms with van der Waals surface area (Å²) in [7, 11) is 1.64. The fourth-order valence-corrected chi connectivity index (χ4v) is 1.85. The molecule has 1 aromatic carbocycles. The minimum atomic E-state index is -0.389. The van der Waals surface area contributed by atoms with Crippen LogP contribution in [0, 0.1) is 11.3 Å². The van der Waals surface area contributed by atoms with E-state index in [0.717, 1.165) is 17.7 Å². The lowest BCUT2D eigenvalue weighted by Crippen LogP contribution is -2.24. The van der Waals surface area contributed by atoms with Crippen LogP contribution in [0.2, 0.25) is 0 Å². The topological polar surface area (TPSA) is 63.5 Å². The van der Waals surface area contributed by atoms with Gasteiger partial charge in [-0.15, -0.1) is 0 Å². The van der Waals surface area contributed by atoms with Gasteiger partial charge < -0.3 is 14.2 Å². The van der Waals surface area contributed by atoms with E-state index in [1.165, 1.54) is 0 Å². The van der Waals surface area contributed by atoms with E-state index in [-0.39, 0.29) is 6.04 Å². The summed E-state index contributed by atoms with van der Waals surface area (Å²) in [6, 6.07) is 7.47. The Morgan fingerprint density at radius 2 is 2.00 bits per heavy atom. The maximum absolute atomic E-state index is 9.28. The van der Waals surface area contributed by atoms with E-state index in [9.17, 15) is 5.26 Å². The van der Waals surface area contributed by atoms with Crippen molar-refractivity contribution < 1.29 is 14.2 Å². The van der Waals surface area contributed by atoms with Crippen molar-refractivity contribution in [3.63, 3.8) is 0 Å². The average molecular weight is 292 g/mol. The molecule has 1 aromatic rings. The van der Waals surface area contributed by atoms with Gasteiger partial charge in [-0.25, -0.2) is 0 Å². The van der Waals surface area contributed by atoms with Crippen molar-refractivity contribution in [2.24, 2.45) is 0 Å². The van der Waals surface area contributed by atoms with Crippen LogP contribution in [0.1, 0.15) is 31.9 Å². The molecule has 0 amide bonds. The van der Waals surface area contributed by atoms with Crippen LogP contribution in [0.5, 0.6) is 11.5 Å². The van der Waals surface area contributed by atoms with Crippen LogP contribution < -0.4 is 14.8 Å². The number of methoxy groups -OCH3 is 1. The first-order valence-corrected chi connectivity index (χ1v) is 7.28. The van der Waals surface area contributed by atoms with E-state index in [0.29, 0.717) is 32.1 Å². The normalized spacial score (nSPS) is 11.7.